The van der Waals surface area contributed by atoms with Crippen LogP contribution in [-0.2, 0) is 16.0 Å². The normalized spacial score (nSPS) is 15.2. The molecule has 2 aromatic heterocycles. The number of pyridine rings is 1. The summed E-state index contributed by atoms with van der Waals surface area (Å²) >= 11 is 0. The average Bonchev–Trinajstić information content (AvgIpc) is 3.09. The predicted molar refractivity (Wildman–Crippen MR) is 118 cm³/mol. The lowest BCUT2D eigenvalue weighted by atomic mass is 9.97. The maximum absolute atomic E-state index is 12.2. The van der Waals surface area contributed by atoms with E-state index in [2.05, 4.69) is 20.2 Å². The van der Waals surface area contributed by atoms with Crippen LogP contribution in [0.5, 0.6) is 0 Å². The number of aryl methyl sites for hydroxylation is 2. The van der Waals surface area contributed by atoms with Crippen molar-refractivity contribution in [1.29, 1.82) is 0 Å². The molecule has 8 heteroatoms. The van der Waals surface area contributed by atoms with E-state index in [9.17, 15) is 4.79 Å². The molecule has 1 aliphatic rings. The number of nitrogens with zero attached hydrogens (tertiary/aromatic N) is 3. The first-order chi connectivity index (χ1) is 15.0. The van der Waals surface area contributed by atoms with Crippen molar-refractivity contribution in [3.05, 3.63) is 41.2 Å². The molecule has 0 unspecified atom stereocenters. The molecule has 170 valence electrons. The Morgan fingerprint density at radius 2 is 2.06 bits per heavy atom. The number of ether oxygens (including phenoxy) is 2. The fourth-order valence-electron chi connectivity index (χ4n) is 3.57. The summed E-state index contributed by atoms with van der Waals surface area (Å²) in [5.41, 5.74) is 1.47. The van der Waals surface area contributed by atoms with Gasteiger partial charge in [0.15, 0.2) is 0 Å². The largest absolute Gasteiger partial charge is 0.460 e. The number of piperidine rings is 1. The zero-order valence-corrected chi connectivity index (χ0v) is 18.9. The van der Waals surface area contributed by atoms with Crippen LogP contribution in [0.1, 0.15) is 53.9 Å². The van der Waals surface area contributed by atoms with Crippen LogP contribution in [0.25, 0.3) is 0 Å². The van der Waals surface area contributed by atoms with Crippen molar-refractivity contribution in [2.24, 2.45) is 5.92 Å². The monoisotopic (exact) mass is 430 g/mol. The molecule has 2 aromatic rings. The smallest absolute Gasteiger partial charge is 0.338 e. The number of hydrogen-bond acceptors (Lipinski definition) is 8. The molecule has 0 saturated carbocycles. The van der Waals surface area contributed by atoms with E-state index in [1.54, 1.807) is 18.3 Å². The third-order valence-corrected chi connectivity index (χ3v) is 5.52. The van der Waals surface area contributed by atoms with E-state index in [-0.39, 0.29) is 12.6 Å². The van der Waals surface area contributed by atoms with Gasteiger partial charge in [-0.2, -0.15) is 0 Å². The summed E-state index contributed by atoms with van der Waals surface area (Å²) in [6, 6.07) is 3.42. The standard InChI is InChI=1S/C23H34N4O4/c1-4-11-29-12-13-30-23(28)20-5-8-24-21(14-20)25-15-19-6-9-27(10-7-19)16-22-26-17(2)18(3)31-22/h5,8,14,19H,4,6-7,9-13,15-16H2,1-3H3,(H,24,25). The van der Waals surface area contributed by atoms with Crippen molar-refractivity contribution >= 4 is 11.8 Å². The van der Waals surface area contributed by atoms with Crippen LogP contribution in [0.3, 0.4) is 0 Å². The number of likely N-dealkylation sites (tertiary alicyclic amines) is 1. The Kier molecular flexibility index (Phi) is 8.85. The molecule has 0 spiro atoms. The van der Waals surface area contributed by atoms with E-state index < -0.39 is 0 Å². The van der Waals surface area contributed by atoms with Gasteiger partial charge >= 0.3 is 5.97 Å². The number of nitrogens with one attached hydrogen (secondary N) is 1. The predicted octanol–water partition coefficient (Wildman–Crippen LogP) is 3.59. The minimum Gasteiger partial charge on any atom is -0.460 e. The Hall–Kier alpha value is -2.45. The highest BCUT2D eigenvalue weighted by Crippen LogP contribution is 2.20. The molecule has 8 nitrogen and oxygen atoms in total. The third kappa shape index (κ3) is 7.33. The van der Waals surface area contributed by atoms with E-state index in [0.29, 0.717) is 30.5 Å². The number of rotatable bonds is 11. The number of hydrogen-bond donors (Lipinski definition) is 1. The lowest BCUT2D eigenvalue weighted by Crippen LogP contribution is -2.35. The van der Waals surface area contributed by atoms with Gasteiger partial charge in [-0.05, 0) is 64.3 Å². The summed E-state index contributed by atoms with van der Waals surface area (Å²) in [6.07, 6.45) is 4.79. The van der Waals surface area contributed by atoms with Gasteiger partial charge < -0.3 is 19.2 Å². The Morgan fingerprint density at radius 1 is 1.26 bits per heavy atom. The van der Waals surface area contributed by atoms with Crippen LogP contribution in [0.4, 0.5) is 5.82 Å². The second kappa shape index (κ2) is 11.8. The van der Waals surface area contributed by atoms with Gasteiger partial charge in [0, 0.05) is 19.3 Å². The summed E-state index contributed by atoms with van der Waals surface area (Å²) in [5, 5.41) is 3.38. The van der Waals surface area contributed by atoms with Gasteiger partial charge in [0.2, 0.25) is 5.89 Å². The maximum Gasteiger partial charge on any atom is 0.338 e. The minimum absolute atomic E-state index is 0.259. The lowest BCUT2D eigenvalue weighted by molar-refractivity contribution is 0.0318. The van der Waals surface area contributed by atoms with Crippen molar-refractivity contribution < 1.29 is 18.7 Å². The van der Waals surface area contributed by atoms with Crippen LogP contribution in [-0.4, -0.2) is 60.3 Å². The molecule has 1 saturated heterocycles. The zero-order chi connectivity index (χ0) is 22.1. The number of esters is 1. The van der Waals surface area contributed by atoms with E-state index in [0.717, 1.165) is 62.8 Å². The quantitative estimate of drug-likeness (QED) is 0.427. The molecule has 1 aliphatic heterocycles. The van der Waals surface area contributed by atoms with Crippen molar-refractivity contribution in [3.63, 3.8) is 0 Å². The fraction of sp³-hybridized carbons (Fsp3) is 0.609. The highest BCUT2D eigenvalue weighted by atomic mass is 16.6. The molecular formula is C23H34N4O4. The Balaban J connectivity index is 1.38. The second-order valence-corrected chi connectivity index (χ2v) is 8.03. The topological polar surface area (TPSA) is 89.7 Å². The van der Waals surface area contributed by atoms with Crippen molar-refractivity contribution in [3.8, 4) is 0 Å². The molecule has 0 amide bonds. The SMILES string of the molecule is CCCOCCOC(=O)c1ccnc(NCC2CCN(Cc3nc(C)c(C)o3)CC2)c1. The summed E-state index contributed by atoms with van der Waals surface area (Å²) in [6.45, 7) is 11.0. The first-order valence-corrected chi connectivity index (χ1v) is 11.1. The molecule has 0 radical (unpaired) electrons. The van der Waals surface area contributed by atoms with Crippen molar-refractivity contribution in [2.75, 3.05) is 44.8 Å². The highest BCUT2D eigenvalue weighted by Gasteiger charge is 2.21. The van der Waals surface area contributed by atoms with Crippen LogP contribution in [0, 0.1) is 19.8 Å². The number of oxazole rings is 1. The van der Waals surface area contributed by atoms with Gasteiger partial charge in [-0.3, -0.25) is 4.90 Å². The van der Waals surface area contributed by atoms with Gasteiger partial charge in [-0.25, -0.2) is 14.8 Å². The summed E-state index contributed by atoms with van der Waals surface area (Å²) < 4.78 is 16.3. The van der Waals surface area contributed by atoms with Gasteiger partial charge in [-0.1, -0.05) is 6.92 Å². The summed E-state index contributed by atoms with van der Waals surface area (Å²) in [7, 11) is 0. The number of aromatic nitrogens is 2. The van der Waals surface area contributed by atoms with Gasteiger partial charge in [-0.15, -0.1) is 0 Å². The second-order valence-electron chi connectivity index (χ2n) is 8.03. The molecule has 3 heterocycles. The Morgan fingerprint density at radius 3 is 2.77 bits per heavy atom. The molecular weight excluding hydrogens is 396 g/mol. The number of anilines is 1. The van der Waals surface area contributed by atoms with Crippen LogP contribution in [0.15, 0.2) is 22.7 Å². The minimum atomic E-state index is -0.351. The van der Waals surface area contributed by atoms with E-state index in [4.69, 9.17) is 13.9 Å². The molecule has 3 rings (SSSR count). The summed E-state index contributed by atoms with van der Waals surface area (Å²) in [4.78, 5) is 23.4. The molecule has 1 fully saturated rings. The Bertz CT molecular complexity index is 811. The number of carbonyl (C=O) groups excluding carboxylic acids is 1. The van der Waals surface area contributed by atoms with Gasteiger partial charge in [0.25, 0.3) is 0 Å². The molecule has 0 atom stereocenters. The third-order valence-electron chi connectivity index (χ3n) is 5.52. The van der Waals surface area contributed by atoms with Crippen LogP contribution < -0.4 is 5.32 Å². The van der Waals surface area contributed by atoms with Crippen LogP contribution >= 0.6 is 0 Å². The molecule has 0 aliphatic carbocycles. The first kappa shape index (κ1) is 23.2. The van der Waals surface area contributed by atoms with E-state index >= 15 is 0 Å². The molecule has 0 aromatic carbocycles. The van der Waals surface area contributed by atoms with Gasteiger partial charge in [0.1, 0.15) is 18.2 Å². The highest BCUT2D eigenvalue weighted by molar-refractivity contribution is 5.90. The zero-order valence-electron chi connectivity index (χ0n) is 18.9. The van der Waals surface area contributed by atoms with Gasteiger partial charge in [0.05, 0.1) is 24.4 Å². The van der Waals surface area contributed by atoms with Crippen molar-refractivity contribution in [1.82, 2.24) is 14.9 Å². The average molecular weight is 431 g/mol. The van der Waals surface area contributed by atoms with E-state index in [1.807, 2.05) is 20.8 Å². The number of carbonyl (C=O) groups is 1. The summed E-state index contributed by atoms with van der Waals surface area (Å²) in [5.74, 6) is 2.62. The molecule has 1 N–H and O–H groups in total. The molecule has 31 heavy (non-hydrogen) atoms. The van der Waals surface area contributed by atoms with Crippen molar-refractivity contribution in [2.45, 2.75) is 46.6 Å². The maximum atomic E-state index is 12.2. The molecule has 0 bridgehead atoms. The lowest BCUT2D eigenvalue weighted by Gasteiger charge is -2.31. The fourth-order valence-corrected chi connectivity index (χ4v) is 3.57. The Labute approximate surface area is 184 Å². The first-order valence-electron chi connectivity index (χ1n) is 11.1. The van der Waals surface area contributed by atoms with E-state index in [1.165, 1.54) is 0 Å². The van der Waals surface area contributed by atoms with Crippen LogP contribution in [0.2, 0.25) is 0 Å².